The number of ether oxygens (including phenoxy) is 2. The van der Waals surface area contributed by atoms with Gasteiger partial charge in [0.15, 0.2) is 5.41 Å². The normalized spacial score (nSPS) is 34.4. The molecule has 1 saturated carbocycles. The van der Waals surface area contributed by atoms with Crippen LogP contribution in [0.1, 0.15) is 75.9 Å². The lowest BCUT2D eigenvalue weighted by molar-refractivity contribution is -0.287. The summed E-state index contributed by atoms with van der Waals surface area (Å²) in [7, 11) is 0. The van der Waals surface area contributed by atoms with Crippen LogP contribution in [0.5, 0.6) is 0 Å². The van der Waals surface area contributed by atoms with Crippen LogP contribution in [0.4, 0.5) is 0 Å². The van der Waals surface area contributed by atoms with Crippen LogP contribution in [0, 0.1) is 56.2 Å². The molecule has 166 valence electrons. The van der Waals surface area contributed by atoms with Gasteiger partial charge in [-0.2, -0.15) is 15.8 Å². The number of nitriles is 3. The summed E-state index contributed by atoms with van der Waals surface area (Å²) in [6.45, 7) is 0. The first-order chi connectivity index (χ1) is 15.5. The Morgan fingerprint density at radius 2 is 1.59 bits per heavy atom. The molecule has 0 spiro atoms. The van der Waals surface area contributed by atoms with Crippen molar-refractivity contribution in [3.8, 4) is 18.2 Å². The third-order valence-electron chi connectivity index (χ3n) is 7.47. The first-order valence-electron chi connectivity index (χ1n) is 11.4. The van der Waals surface area contributed by atoms with E-state index in [0.29, 0.717) is 23.4 Å². The molecule has 0 radical (unpaired) electrons. The SMILES string of the molecule is N#CC1(C#N)C(c2cccc(Cl)c2)OC23CCCCCCCCCCC2C1(C#N)C(=N)O3. The molecule has 1 N–H and O–H groups in total. The van der Waals surface area contributed by atoms with Crippen molar-refractivity contribution in [1.29, 1.82) is 21.2 Å². The fourth-order valence-electron chi connectivity index (χ4n) is 5.89. The molecular formula is C25H27ClN4O2. The van der Waals surface area contributed by atoms with Gasteiger partial charge in [-0.25, -0.2) is 0 Å². The van der Waals surface area contributed by atoms with Crippen molar-refractivity contribution >= 4 is 17.5 Å². The lowest BCUT2D eigenvalue weighted by Gasteiger charge is -2.50. The van der Waals surface area contributed by atoms with Crippen LogP contribution in [0.2, 0.25) is 5.02 Å². The predicted octanol–water partition coefficient (Wildman–Crippen LogP) is 6.19. The van der Waals surface area contributed by atoms with Crippen LogP contribution in [-0.4, -0.2) is 11.7 Å². The van der Waals surface area contributed by atoms with Crippen LogP contribution in [0.3, 0.4) is 0 Å². The number of hydrogen-bond donors (Lipinski definition) is 1. The van der Waals surface area contributed by atoms with E-state index in [2.05, 4.69) is 18.2 Å². The van der Waals surface area contributed by atoms with Gasteiger partial charge in [0.05, 0.1) is 24.1 Å². The van der Waals surface area contributed by atoms with Gasteiger partial charge in [-0.1, -0.05) is 68.7 Å². The zero-order chi connectivity index (χ0) is 22.8. The number of nitrogens with zero attached hydrogens (tertiary/aromatic N) is 3. The molecule has 32 heavy (non-hydrogen) atoms. The van der Waals surface area contributed by atoms with Gasteiger partial charge in [0.25, 0.3) is 0 Å². The lowest BCUT2D eigenvalue weighted by atomic mass is 9.52. The molecule has 0 amide bonds. The number of benzene rings is 1. The molecule has 0 aromatic heterocycles. The zero-order valence-corrected chi connectivity index (χ0v) is 18.8. The number of hydrogen-bond acceptors (Lipinski definition) is 6. The van der Waals surface area contributed by atoms with Crippen LogP contribution < -0.4 is 0 Å². The summed E-state index contributed by atoms with van der Waals surface area (Å²) in [5.41, 5.74) is -3.08. The molecule has 3 aliphatic rings. The summed E-state index contributed by atoms with van der Waals surface area (Å²) in [5.74, 6) is -2.06. The quantitative estimate of drug-likeness (QED) is 0.547. The fourth-order valence-corrected chi connectivity index (χ4v) is 6.09. The molecule has 4 unspecified atom stereocenters. The molecule has 1 aromatic carbocycles. The molecule has 2 saturated heterocycles. The minimum atomic E-state index is -1.93. The van der Waals surface area contributed by atoms with Crippen molar-refractivity contribution in [3.63, 3.8) is 0 Å². The molecule has 6 nitrogen and oxygen atoms in total. The Bertz CT molecular complexity index is 1010. The summed E-state index contributed by atoms with van der Waals surface area (Å²) in [6, 6.07) is 13.4. The predicted molar refractivity (Wildman–Crippen MR) is 118 cm³/mol. The molecule has 4 atom stereocenters. The topological polar surface area (TPSA) is 114 Å². The van der Waals surface area contributed by atoms with Gasteiger partial charge in [-0.05, 0) is 30.5 Å². The van der Waals surface area contributed by atoms with E-state index in [-0.39, 0.29) is 5.90 Å². The first kappa shape index (κ1) is 22.6. The minimum absolute atomic E-state index is 0.312. The van der Waals surface area contributed by atoms with Gasteiger partial charge < -0.3 is 9.47 Å². The number of nitrogens with one attached hydrogen (secondary N) is 1. The second-order valence-electron chi connectivity index (χ2n) is 9.17. The average molecular weight is 451 g/mol. The highest BCUT2D eigenvalue weighted by Gasteiger charge is 2.79. The van der Waals surface area contributed by atoms with Gasteiger partial charge in [0.1, 0.15) is 6.10 Å². The van der Waals surface area contributed by atoms with Crippen molar-refractivity contribution in [1.82, 2.24) is 0 Å². The first-order valence-corrected chi connectivity index (χ1v) is 11.8. The molecule has 3 fully saturated rings. The molecular weight excluding hydrogens is 424 g/mol. The Morgan fingerprint density at radius 1 is 0.938 bits per heavy atom. The molecule has 4 rings (SSSR count). The maximum atomic E-state index is 10.5. The number of rotatable bonds is 1. The molecule has 2 heterocycles. The molecule has 1 aliphatic carbocycles. The Kier molecular flexibility index (Phi) is 6.17. The highest BCUT2D eigenvalue weighted by Crippen LogP contribution is 2.68. The highest BCUT2D eigenvalue weighted by molar-refractivity contribution is 6.30. The van der Waals surface area contributed by atoms with Crippen LogP contribution in [-0.2, 0) is 9.47 Å². The van der Waals surface area contributed by atoms with E-state index < -0.39 is 28.6 Å². The van der Waals surface area contributed by atoms with E-state index in [1.54, 1.807) is 24.3 Å². The maximum absolute atomic E-state index is 10.5. The molecule has 2 bridgehead atoms. The number of halogens is 1. The second kappa shape index (κ2) is 8.74. The highest BCUT2D eigenvalue weighted by atomic mass is 35.5. The van der Waals surface area contributed by atoms with E-state index >= 15 is 0 Å². The van der Waals surface area contributed by atoms with Crippen molar-refractivity contribution in [2.45, 2.75) is 76.1 Å². The smallest absolute Gasteiger partial charge is 0.217 e. The maximum Gasteiger partial charge on any atom is 0.217 e. The van der Waals surface area contributed by atoms with Crippen molar-refractivity contribution in [2.24, 2.45) is 16.7 Å². The van der Waals surface area contributed by atoms with Gasteiger partial charge in [0, 0.05) is 11.4 Å². The average Bonchev–Trinajstić information content (AvgIpc) is 2.97. The third kappa shape index (κ3) is 3.19. The van der Waals surface area contributed by atoms with E-state index in [1.165, 1.54) is 12.8 Å². The van der Waals surface area contributed by atoms with Crippen LogP contribution in [0.25, 0.3) is 0 Å². The van der Waals surface area contributed by atoms with E-state index in [9.17, 15) is 15.8 Å². The van der Waals surface area contributed by atoms with Gasteiger partial charge in [0.2, 0.25) is 17.1 Å². The summed E-state index contributed by atoms with van der Waals surface area (Å²) in [4.78, 5) is 0. The Balaban J connectivity index is 1.90. The Morgan fingerprint density at radius 3 is 2.22 bits per heavy atom. The second-order valence-corrected chi connectivity index (χ2v) is 9.60. The fraction of sp³-hybridized carbons (Fsp3) is 0.600. The Hall–Kier alpha value is -2.59. The monoisotopic (exact) mass is 450 g/mol. The van der Waals surface area contributed by atoms with Crippen LogP contribution >= 0.6 is 11.6 Å². The van der Waals surface area contributed by atoms with Crippen molar-refractivity contribution in [2.75, 3.05) is 0 Å². The molecule has 7 heteroatoms. The molecule has 2 aliphatic heterocycles. The summed E-state index contributed by atoms with van der Waals surface area (Å²) in [5, 5.41) is 40.5. The van der Waals surface area contributed by atoms with E-state index in [1.807, 2.05) is 0 Å². The van der Waals surface area contributed by atoms with Crippen LogP contribution in [0.15, 0.2) is 24.3 Å². The Labute approximate surface area is 194 Å². The summed E-state index contributed by atoms with van der Waals surface area (Å²) in [6.07, 6.45) is 8.36. The lowest BCUT2D eigenvalue weighted by Crippen LogP contribution is -2.59. The minimum Gasteiger partial charge on any atom is -0.447 e. The van der Waals surface area contributed by atoms with Gasteiger partial charge >= 0.3 is 0 Å². The van der Waals surface area contributed by atoms with Crippen molar-refractivity contribution < 1.29 is 9.47 Å². The van der Waals surface area contributed by atoms with E-state index in [0.717, 1.165) is 38.5 Å². The zero-order valence-electron chi connectivity index (χ0n) is 18.1. The third-order valence-corrected chi connectivity index (χ3v) is 7.70. The summed E-state index contributed by atoms with van der Waals surface area (Å²) >= 11 is 6.23. The van der Waals surface area contributed by atoms with E-state index in [4.69, 9.17) is 26.5 Å². The van der Waals surface area contributed by atoms with Gasteiger partial charge in [-0.15, -0.1) is 0 Å². The van der Waals surface area contributed by atoms with Crippen molar-refractivity contribution in [3.05, 3.63) is 34.9 Å². The molecule has 1 aromatic rings. The largest absolute Gasteiger partial charge is 0.447 e. The standard InChI is InChI=1S/C25H27ClN4O2/c26-19-11-9-10-18(14-19)21-23(15-27,16-28)24(17-29)20-12-7-5-3-1-2-4-6-8-13-25(20,31-21)32-22(24)30/h9-11,14,20-21,30H,1-8,12-13H2. The summed E-state index contributed by atoms with van der Waals surface area (Å²) < 4.78 is 12.7. The van der Waals surface area contributed by atoms with Gasteiger partial charge in [-0.3, -0.25) is 5.41 Å².